The van der Waals surface area contributed by atoms with Crippen molar-refractivity contribution in [3.8, 4) is 0 Å². The van der Waals surface area contributed by atoms with E-state index in [1.165, 1.54) is 31.2 Å². The molecular weight excluding hydrogens is 296 g/mol. The number of carbonyl (C=O) groups excluding carboxylic acids is 1. The van der Waals surface area contributed by atoms with Crippen LogP contribution in [0.2, 0.25) is 0 Å². The van der Waals surface area contributed by atoms with Crippen LogP contribution in [0, 0.1) is 0 Å². The summed E-state index contributed by atoms with van der Waals surface area (Å²) in [4.78, 5) is 15.0. The summed E-state index contributed by atoms with van der Waals surface area (Å²) in [6.45, 7) is 0.826. The standard InChI is InChI=1S/C21H24N2O/c22-18(16-8-2-1-3-9-16)14-20(24)23-15-21(12-6-7-13-21)17-10-4-5-11-19(17)23/h1-5,8-11,18H,6-7,12-15,22H2. The highest BCUT2D eigenvalue weighted by atomic mass is 16.2. The van der Waals surface area contributed by atoms with E-state index in [4.69, 9.17) is 5.73 Å². The molecular formula is C21H24N2O. The molecule has 2 aromatic carbocycles. The van der Waals surface area contributed by atoms with Crippen molar-refractivity contribution in [2.45, 2.75) is 43.6 Å². The van der Waals surface area contributed by atoms with E-state index in [1.807, 2.05) is 41.3 Å². The van der Waals surface area contributed by atoms with Gasteiger partial charge in [-0.15, -0.1) is 0 Å². The van der Waals surface area contributed by atoms with Crippen molar-refractivity contribution in [1.82, 2.24) is 0 Å². The van der Waals surface area contributed by atoms with Crippen molar-refractivity contribution in [3.63, 3.8) is 0 Å². The Morgan fingerprint density at radius 2 is 1.71 bits per heavy atom. The molecule has 3 nitrogen and oxygen atoms in total. The molecule has 0 saturated heterocycles. The second-order valence-corrected chi connectivity index (χ2v) is 7.21. The molecule has 1 spiro atoms. The zero-order chi connectivity index (χ0) is 16.6. The van der Waals surface area contributed by atoms with E-state index in [9.17, 15) is 4.79 Å². The van der Waals surface area contributed by atoms with Crippen molar-refractivity contribution >= 4 is 11.6 Å². The number of nitrogens with two attached hydrogens (primary N) is 1. The third kappa shape index (κ3) is 2.53. The number of hydrogen-bond acceptors (Lipinski definition) is 2. The minimum Gasteiger partial charge on any atom is -0.324 e. The average molecular weight is 320 g/mol. The molecule has 2 N–H and O–H groups in total. The van der Waals surface area contributed by atoms with Crippen LogP contribution in [0.15, 0.2) is 54.6 Å². The average Bonchev–Trinajstić information content (AvgIpc) is 3.22. The molecule has 24 heavy (non-hydrogen) atoms. The van der Waals surface area contributed by atoms with Crippen LogP contribution in [0.3, 0.4) is 0 Å². The largest absolute Gasteiger partial charge is 0.324 e. The lowest BCUT2D eigenvalue weighted by Crippen LogP contribution is -2.37. The predicted octanol–water partition coefficient (Wildman–Crippen LogP) is 3.94. The molecule has 0 radical (unpaired) electrons. The molecule has 124 valence electrons. The van der Waals surface area contributed by atoms with Gasteiger partial charge in [-0.05, 0) is 30.0 Å². The van der Waals surface area contributed by atoms with Crippen molar-refractivity contribution in [1.29, 1.82) is 0 Å². The highest BCUT2D eigenvalue weighted by molar-refractivity contribution is 5.96. The first-order valence-corrected chi connectivity index (χ1v) is 8.90. The Balaban J connectivity index is 1.57. The quantitative estimate of drug-likeness (QED) is 0.931. The fourth-order valence-corrected chi connectivity index (χ4v) is 4.45. The monoisotopic (exact) mass is 320 g/mol. The van der Waals surface area contributed by atoms with E-state index in [0.717, 1.165) is 17.8 Å². The summed E-state index contributed by atoms with van der Waals surface area (Å²) >= 11 is 0. The fraction of sp³-hybridized carbons (Fsp3) is 0.381. The number of para-hydroxylation sites is 1. The highest BCUT2D eigenvalue weighted by Gasteiger charge is 2.45. The lowest BCUT2D eigenvalue weighted by molar-refractivity contribution is -0.119. The van der Waals surface area contributed by atoms with Crippen LogP contribution in [-0.4, -0.2) is 12.5 Å². The van der Waals surface area contributed by atoms with Gasteiger partial charge in [0.05, 0.1) is 0 Å². The molecule has 1 amide bonds. The van der Waals surface area contributed by atoms with E-state index < -0.39 is 0 Å². The van der Waals surface area contributed by atoms with Crippen molar-refractivity contribution in [3.05, 3.63) is 65.7 Å². The SMILES string of the molecule is NC(CC(=O)N1CC2(CCCC2)c2ccccc21)c1ccccc1. The summed E-state index contributed by atoms with van der Waals surface area (Å²) in [6, 6.07) is 18.1. The van der Waals surface area contributed by atoms with Gasteiger partial charge in [-0.25, -0.2) is 0 Å². The van der Waals surface area contributed by atoms with Crippen LogP contribution in [-0.2, 0) is 10.2 Å². The first-order chi connectivity index (χ1) is 11.7. The number of carbonyl (C=O) groups is 1. The van der Waals surface area contributed by atoms with Gasteiger partial charge < -0.3 is 10.6 Å². The molecule has 0 aromatic heterocycles. The van der Waals surface area contributed by atoms with Gasteiger partial charge in [-0.1, -0.05) is 61.4 Å². The lowest BCUT2D eigenvalue weighted by Gasteiger charge is -2.25. The summed E-state index contributed by atoms with van der Waals surface area (Å²) < 4.78 is 0. The molecule has 1 saturated carbocycles. The second-order valence-electron chi connectivity index (χ2n) is 7.21. The molecule has 3 heteroatoms. The number of fused-ring (bicyclic) bond motifs is 2. The molecule has 2 aromatic rings. The molecule has 1 aliphatic heterocycles. The summed E-state index contributed by atoms with van der Waals surface area (Å²) in [5, 5.41) is 0. The zero-order valence-corrected chi connectivity index (χ0v) is 13.9. The van der Waals surface area contributed by atoms with Crippen LogP contribution >= 0.6 is 0 Å². The number of benzene rings is 2. The van der Waals surface area contributed by atoms with Crippen LogP contribution in [0.25, 0.3) is 0 Å². The number of amides is 1. The van der Waals surface area contributed by atoms with Gasteiger partial charge in [0.2, 0.25) is 5.91 Å². The van der Waals surface area contributed by atoms with E-state index >= 15 is 0 Å². The van der Waals surface area contributed by atoms with Gasteiger partial charge in [-0.2, -0.15) is 0 Å². The van der Waals surface area contributed by atoms with E-state index in [-0.39, 0.29) is 17.4 Å². The van der Waals surface area contributed by atoms with Gasteiger partial charge in [0, 0.05) is 30.1 Å². The van der Waals surface area contributed by atoms with Crippen LogP contribution < -0.4 is 10.6 Å². The Kier molecular flexibility index (Phi) is 3.89. The summed E-state index contributed by atoms with van der Waals surface area (Å²) in [7, 11) is 0. The first kappa shape index (κ1) is 15.4. The van der Waals surface area contributed by atoms with E-state index in [0.29, 0.717) is 6.42 Å². The Morgan fingerprint density at radius 1 is 1.04 bits per heavy atom. The van der Waals surface area contributed by atoms with Gasteiger partial charge in [0.1, 0.15) is 0 Å². The number of anilines is 1. The summed E-state index contributed by atoms with van der Waals surface area (Å²) in [5.41, 5.74) is 9.95. The van der Waals surface area contributed by atoms with E-state index in [1.54, 1.807) is 0 Å². The van der Waals surface area contributed by atoms with Crippen molar-refractivity contribution < 1.29 is 4.79 Å². The smallest absolute Gasteiger partial charge is 0.228 e. The number of nitrogens with zero attached hydrogens (tertiary/aromatic N) is 1. The Hall–Kier alpha value is -2.13. The van der Waals surface area contributed by atoms with Crippen LogP contribution in [0.1, 0.15) is 49.3 Å². The maximum absolute atomic E-state index is 13.0. The fourth-order valence-electron chi connectivity index (χ4n) is 4.45. The molecule has 1 heterocycles. The van der Waals surface area contributed by atoms with Crippen LogP contribution in [0.4, 0.5) is 5.69 Å². The second kappa shape index (κ2) is 6.06. The molecule has 1 fully saturated rings. The normalized spacial score (nSPS) is 19.5. The highest BCUT2D eigenvalue weighted by Crippen LogP contribution is 2.50. The Morgan fingerprint density at radius 3 is 2.46 bits per heavy atom. The summed E-state index contributed by atoms with van der Waals surface area (Å²) in [6.07, 6.45) is 5.27. The minimum absolute atomic E-state index is 0.141. The van der Waals surface area contributed by atoms with Crippen LogP contribution in [0.5, 0.6) is 0 Å². The van der Waals surface area contributed by atoms with Gasteiger partial charge in [-0.3, -0.25) is 4.79 Å². The van der Waals surface area contributed by atoms with Gasteiger partial charge in [0.25, 0.3) is 0 Å². The van der Waals surface area contributed by atoms with Crippen molar-refractivity contribution in [2.24, 2.45) is 5.73 Å². The molecule has 1 aliphatic carbocycles. The number of rotatable bonds is 3. The topological polar surface area (TPSA) is 46.3 Å². The zero-order valence-electron chi connectivity index (χ0n) is 13.9. The van der Waals surface area contributed by atoms with E-state index in [2.05, 4.69) is 18.2 Å². The lowest BCUT2D eigenvalue weighted by atomic mass is 9.81. The first-order valence-electron chi connectivity index (χ1n) is 8.90. The third-order valence-electron chi connectivity index (χ3n) is 5.71. The third-order valence-corrected chi connectivity index (χ3v) is 5.71. The Labute approximate surface area is 143 Å². The summed E-state index contributed by atoms with van der Waals surface area (Å²) in [5.74, 6) is 0.141. The van der Waals surface area contributed by atoms with Crippen molar-refractivity contribution in [2.75, 3.05) is 11.4 Å². The Bertz CT molecular complexity index is 735. The van der Waals surface area contributed by atoms with Gasteiger partial charge in [0.15, 0.2) is 0 Å². The molecule has 0 bridgehead atoms. The molecule has 4 rings (SSSR count). The molecule has 1 atom stereocenters. The maximum Gasteiger partial charge on any atom is 0.228 e. The minimum atomic E-state index is -0.244. The van der Waals surface area contributed by atoms with Gasteiger partial charge >= 0.3 is 0 Å². The molecule has 2 aliphatic rings. The maximum atomic E-state index is 13.0. The number of hydrogen-bond donors (Lipinski definition) is 1. The predicted molar refractivity (Wildman–Crippen MR) is 96.9 cm³/mol. The molecule has 1 unspecified atom stereocenters.